The Kier molecular flexibility index (Phi) is 4.50. The molecule has 1 saturated heterocycles. The number of hydrogen-bond donors (Lipinski definition) is 1. The quantitative estimate of drug-likeness (QED) is 0.825. The first kappa shape index (κ1) is 19.0. The molecule has 0 saturated carbocycles. The molecule has 0 spiro atoms. The van der Waals surface area contributed by atoms with Crippen LogP contribution in [0.3, 0.4) is 0 Å². The summed E-state index contributed by atoms with van der Waals surface area (Å²) in [4.78, 5) is 14.6. The van der Waals surface area contributed by atoms with Gasteiger partial charge in [0.2, 0.25) is 0 Å². The molecule has 4 nitrogen and oxygen atoms in total. The third-order valence-electron chi connectivity index (χ3n) is 6.27. The van der Waals surface area contributed by atoms with Gasteiger partial charge < -0.3 is 14.7 Å². The number of fused-ring (bicyclic) bond motifs is 3. The van der Waals surface area contributed by atoms with Gasteiger partial charge in [0.25, 0.3) is 0 Å². The summed E-state index contributed by atoms with van der Waals surface area (Å²) in [7, 11) is 0. The van der Waals surface area contributed by atoms with E-state index in [9.17, 15) is 9.90 Å². The largest absolute Gasteiger partial charge is 0.448 e. The van der Waals surface area contributed by atoms with Crippen molar-refractivity contribution in [3.8, 4) is 11.1 Å². The molecule has 4 heteroatoms. The standard InChI is InChI=1S/C24H29NO3/c1-23(2)14-25(15-24(3,4)21(23)26)22(27)28-13-20-18-11-7-5-9-16(18)17-10-6-8-12-19(17)20/h5-12,20-21,26H,13-15H2,1-4H3. The molecule has 1 aliphatic carbocycles. The Morgan fingerprint density at radius 3 is 1.93 bits per heavy atom. The van der Waals surface area contributed by atoms with E-state index in [-0.39, 0.29) is 22.8 Å². The molecule has 2 aromatic carbocycles. The fourth-order valence-electron chi connectivity index (χ4n) is 5.08. The third-order valence-corrected chi connectivity index (χ3v) is 6.27. The molecule has 2 aromatic rings. The van der Waals surface area contributed by atoms with Crippen LogP contribution in [0, 0.1) is 10.8 Å². The molecule has 1 fully saturated rings. The van der Waals surface area contributed by atoms with Crippen LogP contribution in [-0.2, 0) is 4.74 Å². The minimum atomic E-state index is -0.461. The van der Waals surface area contributed by atoms with E-state index >= 15 is 0 Å². The lowest BCUT2D eigenvalue weighted by molar-refractivity contribution is -0.101. The minimum Gasteiger partial charge on any atom is -0.448 e. The van der Waals surface area contributed by atoms with Crippen LogP contribution in [0.15, 0.2) is 48.5 Å². The lowest BCUT2D eigenvalue weighted by Crippen LogP contribution is -2.59. The summed E-state index contributed by atoms with van der Waals surface area (Å²) in [5, 5.41) is 10.6. The molecule has 1 aliphatic heterocycles. The van der Waals surface area contributed by atoms with Crippen molar-refractivity contribution in [2.75, 3.05) is 19.7 Å². The number of hydrogen-bond acceptors (Lipinski definition) is 3. The summed E-state index contributed by atoms with van der Waals surface area (Å²) in [5.41, 5.74) is 4.14. The number of likely N-dealkylation sites (tertiary alicyclic amines) is 1. The van der Waals surface area contributed by atoms with Crippen LogP contribution in [-0.4, -0.2) is 41.9 Å². The second-order valence-corrected chi connectivity index (χ2v) is 9.54. The number of piperidine rings is 1. The molecule has 4 rings (SSSR count). The van der Waals surface area contributed by atoms with E-state index in [1.807, 2.05) is 52.0 Å². The van der Waals surface area contributed by atoms with Gasteiger partial charge in [-0.05, 0) is 22.3 Å². The van der Waals surface area contributed by atoms with E-state index in [1.54, 1.807) is 4.90 Å². The lowest BCUT2D eigenvalue weighted by Gasteiger charge is -2.50. The predicted octanol–water partition coefficient (Wildman–Crippen LogP) is 4.66. The van der Waals surface area contributed by atoms with Crippen molar-refractivity contribution >= 4 is 6.09 Å². The highest BCUT2D eigenvalue weighted by molar-refractivity contribution is 5.79. The van der Waals surface area contributed by atoms with Gasteiger partial charge in [0.15, 0.2) is 0 Å². The molecule has 0 unspecified atom stereocenters. The number of benzene rings is 2. The Hall–Kier alpha value is -2.33. The van der Waals surface area contributed by atoms with Crippen molar-refractivity contribution in [1.82, 2.24) is 4.90 Å². The van der Waals surface area contributed by atoms with Crippen molar-refractivity contribution in [2.45, 2.75) is 39.7 Å². The van der Waals surface area contributed by atoms with E-state index in [0.29, 0.717) is 19.7 Å². The van der Waals surface area contributed by atoms with Crippen molar-refractivity contribution in [2.24, 2.45) is 10.8 Å². The Morgan fingerprint density at radius 2 is 1.43 bits per heavy atom. The van der Waals surface area contributed by atoms with Gasteiger partial charge in [0.05, 0.1) is 6.10 Å². The number of aliphatic hydroxyl groups excluding tert-OH is 1. The zero-order chi connectivity index (χ0) is 20.1. The van der Waals surface area contributed by atoms with Gasteiger partial charge in [0.1, 0.15) is 6.61 Å². The number of nitrogens with zero attached hydrogens (tertiary/aromatic N) is 1. The normalized spacial score (nSPS) is 20.5. The molecule has 0 radical (unpaired) electrons. The van der Waals surface area contributed by atoms with Crippen LogP contribution in [0.1, 0.15) is 44.7 Å². The molecular formula is C24H29NO3. The minimum absolute atomic E-state index is 0.0627. The molecule has 28 heavy (non-hydrogen) atoms. The van der Waals surface area contributed by atoms with Crippen LogP contribution < -0.4 is 0 Å². The van der Waals surface area contributed by atoms with Crippen molar-refractivity contribution in [3.63, 3.8) is 0 Å². The van der Waals surface area contributed by atoms with Gasteiger partial charge in [-0.25, -0.2) is 4.79 Å². The zero-order valence-electron chi connectivity index (χ0n) is 17.1. The van der Waals surface area contributed by atoms with E-state index in [0.717, 1.165) is 0 Å². The van der Waals surface area contributed by atoms with E-state index < -0.39 is 6.10 Å². The zero-order valence-corrected chi connectivity index (χ0v) is 17.1. The molecule has 0 aromatic heterocycles. The number of amides is 1. The Labute approximate surface area is 167 Å². The fourth-order valence-corrected chi connectivity index (χ4v) is 5.08. The van der Waals surface area contributed by atoms with Crippen molar-refractivity contribution < 1.29 is 14.6 Å². The summed E-state index contributed by atoms with van der Waals surface area (Å²) in [6, 6.07) is 16.7. The van der Waals surface area contributed by atoms with E-state index in [1.165, 1.54) is 22.3 Å². The maximum Gasteiger partial charge on any atom is 0.409 e. The first-order chi connectivity index (χ1) is 13.2. The Bertz CT molecular complexity index is 839. The highest BCUT2D eigenvalue weighted by Gasteiger charge is 2.47. The van der Waals surface area contributed by atoms with E-state index in [4.69, 9.17) is 4.74 Å². The van der Waals surface area contributed by atoms with Crippen molar-refractivity contribution in [1.29, 1.82) is 0 Å². The second-order valence-electron chi connectivity index (χ2n) is 9.54. The maximum absolute atomic E-state index is 12.9. The van der Waals surface area contributed by atoms with Gasteiger partial charge in [-0.2, -0.15) is 0 Å². The Morgan fingerprint density at radius 1 is 0.964 bits per heavy atom. The summed E-state index contributed by atoms with van der Waals surface area (Å²) in [6.07, 6.45) is -0.757. The van der Waals surface area contributed by atoms with Gasteiger partial charge in [-0.15, -0.1) is 0 Å². The molecule has 148 valence electrons. The number of carbonyl (C=O) groups is 1. The lowest BCUT2D eigenvalue weighted by atomic mass is 9.68. The average Bonchev–Trinajstić information content (AvgIpc) is 2.97. The van der Waals surface area contributed by atoms with Crippen LogP contribution >= 0.6 is 0 Å². The predicted molar refractivity (Wildman–Crippen MR) is 110 cm³/mol. The van der Waals surface area contributed by atoms with Crippen LogP contribution in [0.2, 0.25) is 0 Å². The number of aliphatic hydroxyl groups is 1. The van der Waals surface area contributed by atoms with Gasteiger partial charge in [-0.3, -0.25) is 0 Å². The van der Waals surface area contributed by atoms with E-state index in [2.05, 4.69) is 24.3 Å². The summed E-state index contributed by atoms with van der Waals surface area (Å²) < 4.78 is 5.81. The van der Waals surface area contributed by atoms with Gasteiger partial charge in [0, 0.05) is 29.8 Å². The molecule has 1 heterocycles. The molecule has 0 atom stereocenters. The van der Waals surface area contributed by atoms with Crippen LogP contribution in [0.5, 0.6) is 0 Å². The Balaban J connectivity index is 1.52. The first-order valence-corrected chi connectivity index (χ1v) is 9.99. The number of carbonyl (C=O) groups excluding carboxylic acids is 1. The summed E-state index contributed by atoms with van der Waals surface area (Å²) in [5.74, 6) is 0.0627. The van der Waals surface area contributed by atoms with Crippen LogP contribution in [0.4, 0.5) is 4.79 Å². The summed E-state index contributed by atoms with van der Waals surface area (Å²) in [6.45, 7) is 9.32. The third kappa shape index (κ3) is 3.10. The van der Waals surface area contributed by atoms with Crippen LogP contribution in [0.25, 0.3) is 11.1 Å². The SMILES string of the molecule is CC1(C)CN(C(=O)OCC2c3ccccc3-c3ccccc32)CC(C)(C)C1O. The topological polar surface area (TPSA) is 49.8 Å². The molecule has 1 amide bonds. The second kappa shape index (κ2) is 6.63. The molecule has 0 bridgehead atoms. The highest BCUT2D eigenvalue weighted by Crippen LogP contribution is 2.45. The smallest absolute Gasteiger partial charge is 0.409 e. The maximum atomic E-state index is 12.9. The highest BCUT2D eigenvalue weighted by atomic mass is 16.6. The summed E-state index contributed by atoms with van der Waals surface area (Å²) >= 11 is 0. The van der Waals surface area contributed by atoms with Gasteiger partial charge in [-0.1, -0.05) is 76.2 Å². The number of rotatable bonds is 2. The fraction of sp³-hybridized carbons (Fsp3) is 0.458. The van der Waals surface area contributed by atoms with Crippen molar-refractivity contribution in [3.05, 3.63) is 59.7 Å². The monoisotopic (exact) mass is 379 g/mol. The first-order valence-electron chi connectivity index (χ1n) is 9.99. The van der Waals surface area contributed by atoms with Gasteiger partial charge >= 0.3 is 6.09 Å². The molecule has 1 N–H and O–H groups in total. The number of ether oxygens (including phenoxy) is 1. The molecule has 2 aliphatic rings. The molecular weight excluding hydrogens is 350 g/mol. The average molecular weight is 380 g/mol.